The van der Waals surface area contributed by atoms with Gasteiger partial charge in [-0.25, -0.2) is 9.78 Å². The Morgan fingerprint density at radius 3 is 2.71 bits per heavy atom. The van der Waals surface area contributed by atoms with E-state index < -0.39 is 17.9 Å². The van der Waals surface area contributed by atoms with Gasteiger partial charge in [0.1, 0.15) is 16.9 Å². The van der Waals surface area contributed by atoms with E-state index in [9.17, 15) is 14.7 Å². The van der Waals surface area contributed by atoms with Crippen LogP contribution in [0.2, 0.25) is 5.15 Å². The summed E-state index contributed by atoms with van der Waals surface area (Å²) in [5.74, 6) is -1.58. The molecule has 2 heterocycles. The number of carbonyl (C=O) groups excluding carboxylic acids is 1. The van der Waals surface area contributed by atoms with E-state index in [1.807, 2.05) is 30.3 Å². The fraction of sp³-hybridized carbons (Fsp3) is 0.118. The number of hydrogen-bond donors (Lipinski definition) is 3. The van der Waals surface area contributed by atoms with Crippen molar-refractivity contribution in [3.8, 4) is 0 Å². The largest absolute Gasteiger partial charge is 0.480 e. The van der Waals surface area contributed by atoms with E-state index in [0.717, 1.165) is 10.9 Å². The maximum Gasteiger partial charge on any atom is 0.326 e. The minimum atomic E-state index is -1.09. The van der Waals surface area contributed by atoms with Crippen LogP contribution < -0.4 is 5.32 Å². The van der Waals surface area contributed by atoms with Gasteiger partial charge in [0, 0.05) is 11.8 Å². The average molecular weight is 344 g/mol. The van der Waals surface area contributed by atoms with E-state index in [0.29, 0.717) is 10.7 Å². The second-order valence-corrected chi connectivity index (χ2v) is 5.72. The van der Waals surface area contributed by atoms with Gasteiger partial charge in [0.05, 0.1) is 11.7 Å². The smallest absolute Gasteiger partial charge is 0.326 e. The van der Waals surface area contributed by atoms with Gasteiger partial charge in [-0.05, 0) is 17.7 Å². The van der Waals surface area contributed by atoms with Crippen molar-refractivity contribution < 1.29 is 14.7 Å². The molecule has 1 amide bonds. The van der Waals surface area contributed by atoms with Gasteiger partial charge in [-0.3, -0.25) is 4.79 Å². The van der Waals surface area contributed by atoms with Crippen LogP contribution in [0, 0.1) is 0 Å². The first-order chi connectivity index (χ1) is 11.5. The molecule has 7 heteroatoms. The fourth-order valence-corrected chi connectivity index (χ4v) is 2.58. The van der Waals surface area contributed by atoms with E-state index in [4.69, 9.17) is 11.6 Å². The molecule has 0 bridgehead atoms. The van der Waals surface area contributed by atoms with Gasteiger partial charge in [-0.15, -0.1) is 0 Å². The minimum Gasteiger partial charge on any atom is -0.480 e. The lowest BCUT2D eigenvalue weighted by molar-refractivity contribution is -0.139. The SMILES string of the molecule is O=C(NC(Cc1ccccc1)C(=O)O)c1cc2cc(Cl)ncc2[nH]1. The van der Waals surface area contributed by atoms with Crippen LogP contribution in [0.5, 0.6) is 0 Å². The zero-order valence-corrected chi connectivity index (χ0v) is 13.2. The second kappa shape index (κ2) is 6.72. The molecule has 1 aromatic carbocycles. The lowest BCUT2D eigenvalue weighted by Crippen LogP contribution is -2.42. The first-order valence-electron chi connectivity index (χ1n) is 7.25. The Kier molecular flexibility index (Phi) is 4.48. The molecular weight excluding hydrogens is 330 g/mol. The molecule has 6 nitrogen and oxygen atoms in total. The Morgan fingerprint density at radius 2 is 2.00 bits per heavy atom. The molecule has 122 valence electrons. The normalized spacial score (nSPS) is 12.0. The summed E-state index contributed by atoms with van der Waals surface area (Å²) in [4.78, 5) is 30.6. The number of rotatable bonds is 5. The second-order valence-electron chi connectivity index (χ2n) is 5.33. The quantitative estimate of drug-likeness (QED) is 0.621. The van der Waals surface area contributed by atoms with Crippen molar-refractivity contribution in [2.75, 3.05) is 0 Å². The number of benzene rings is 1. The number of aliphatic carboxylic acids is 1. The third-order valence-corrected chi connectivity index (χ3v) is 3.81. The summed E-state index contributed by atoms with van der Waals surface area (Å²) >= 11 is 5.82. The molecule has 0 spiro atoms. The van der Waals surface area contributed by atoms with Gasteiger partial charge in [0.25, 0.3) is 5.91 Å². The molecule has 3 aromatic rings. The van der Waals surface area contributed by atoms with Crippen molar-refractivity contribution in [2.45, 2.75) is 12.5 Å². The van der Waals surface area contributed by atoms with Crippen LogP contribution >= 0.6 is 11.6 Å². The zero-order chi connectivity index (χ0) is 17.1. The zero-order valence-electron chi connectivity index (χ0n) is 12.5. The number of hydrogen-bond acceptors (Lipinski definition) is 3. The van der Waals surface area contributed by atoms with Crippen molar-refractivity contribution in [2.24, 2.45) is 0 Å². The topological polar surface area (TPSA) is 95.1 Å². The summed E-state index contributed by atoms with van der Waals surface area (Å²) in [5, 5.41) is 12.9. The lowest BCUT2D eigenvalue weighted by Gasteiger charge is -2.14. The van der Waals surface area contributed by atoms with Crippen LogP contribution in [-0.2, 0) is 11.2 Å². The molecule has 0 radical (unpaired) electrons. The summed E-state index contributed by atoms with van der Waals surface area (Å²) in [6.45, 7) is 0. The Labute approximate surface area is 142 Å². The molecule has 2 aromatic heterocycles. The van der Waals surface area contributed by atoms with Crippen LogP contribution in [0.1, 0.15) is 16.1 Å². The number of aromatic nitrogens is 2. The molecule has 0 aliphatic carbocycles. The molecule has 0 fully saturated rings. The third-order valence-electron chi connectivity index (χ3n) is 3.60. The summed E-state index contributed by atoms with van der Waals surface area (Å²) in [6.07, 6.45) is 1.72. The number of carboxylic acids is 1. The number of nitrogens with one attached hydrogen (secondary N) is 2. The summed E-state index contributed by atoms with van der Waals surface area (Å²) in [7, 11) is 0. The molecule has 1 unspecified atom stereocenters. The highest BCUT2D eigenvalue weighted by atomic mass is 35.5. The number of halogens is 1. The molecule has 0 saturated carbocycles. The molecule has 3 rings (SSSR count). The Hall–Kier alpha value is -2.86. The summed E-state index contributed by atoms with van der Waals surface area (Å²) < 4.78 is 0. The van der Waals surface area contributed by atoms with E-state index in [2.05, 4.69) is 15.3 Å². The van der Waals surface area contributed by atoms with Crippen LogP contribution in [0.4, 0.5) is 0 Å². The highest BCUT2D eigenvalue weighted by Crippen LogP contribution is 2.18. The predicted molar refractivity (Wildman–Crippen MR) is 90.1 cm³/mol. The van der Waals surface area contributed by atoms with Gasteiger partial charge in [-0.1, -0.05) is 41.9 Å². The molecule has 24 heavy (non-hydrogen) atoms. The van der Waals surface area contributed by atoms with Crippen LogP contribution in [0.15, 0.2) is 48.7 Å². The molecule has 0 aliphatic rings. The number of H-pyrrole nitrogens is 1. The van der Waals surface area contributed by atoms with Gasteiger partial charge in [0.2, 0.25) is 0 Å². The van der Waals surface area contributed by atoms with Gasteiger partial charge in [-0.2, -0.15) is 0 Å². The molecule has 0 aliphatic heterocycles. The number of aromatic amines is 1. The first-order valence-corrected chi connectivity index (χ1v) is 7.62. The number of carbonyl (C=O) groups is 2. The first kappa shape index (κ1) is 16.0. The molecular formula is C17H14ClN3O3. The lowest BCUT2D eigenvalue weighted by atomic mass is 10.1. The maximum absolute atomic E-state index is 12.3. The maximum atomic E-state index is 12.3. The number of pyridine rings is 1. The minimum absolute atomic E-state index is 0.204. The number of nitrogens with zero attached hydrogens (tertiary/aromatic N) is 1. The van der Waals surface area contributed by atoms with E-state index in [1.165, 1.54) is 6.20 Å². The van der Waals surface area contributed by atoms with Gasteiger partial charge >= 0.3 is 5.97 Å². The van der Waals surface area contributed by atoms with Crippen LogP contribution in [-0.4, -0.2) is 33.0 Å². The number of amides is 1. The fourth-order valence-electron chi connectivity index (χ4n) is 2.41. The van der Waals surface area contributed by atoms with Crippen molar-refractivity contribution in [1.29, 1.82) is 0 Å². The van der Waals surface area contributed by atoms with Gasteiger partial charge in [0.15, 0.2) is 0 Å². The number of carboxylic acid groups (broad SMARTS) is 1. The van der Waals surface area contributed by atoms with Crippen molar-refractivity contribution >= 4 is 34.4 Å². The molecule has 1 atom stereocenters. The highest BCUT2D eigenvalue weighted by Gasteiger charge is 2.22. The third kappa shape index (κ3) is 3.55. The summed E-state index contributed by atoms with van der Waals surface area (Å²) in [5.41, 5.74) is 1.74. The standard InChI is InChI=1S/C17H14ClN3O3/c18-15-8-11-7-12(20-14(11)9-19-15)16(22)21-13(17(23)24)6-10-4-2-1-3-5-10/h1-5,7-9,13,20H,6H2,(H,21,22)(H,23,24). The van der Waals surface area contributed by atoms with Crippen molar-refractivity contribution in [1.82, 2.24) is 15.3 Å². The van der Waals surface area contributed by atoms with Gasteiger partial charge < -0.3 is 15.4 Å². The average Bonchev–Trinajstić information content (AvgIpc) is 2.98. The Bertz CT molecular complexity index is 892. The highest BCUT2D eigenvalue weighted by molar-refractivity contribution is 6.30. The van der Waals surface area contributed by atoms with Crippen molar-refractivity contribution in [3.05, 3.63) is 65.1 Å². The Morgan fingerprint density at radius 1 is 1.25 bits per heavy atom. The Balaban J connectivity index is 1.78. The molecule has 0 saturated heterocycles. The monoisotopic (exact) mass is 343 g/mol. The molecule has 3 N–H and O–H groups in total. The van der Waals surface area contributed by atoms with Crippen molar-refractivity contribution in [3.63, 3.8) is 0 Å². The van der Waals surface area contributed by atoms with Crippen LogP contribution in [0.25, 0.3) is 10.9 Å². The predicted octanol–water partition coefficient (Wildman–Crippen LogP) is 2.64. The van der Waals surface area contributed by atoms with E-state index in [1.54, 1.807) is 12.1 Å². The van der Waals surface area contributed by atoms with Crippen LogP contribution in [0.3, 0.4) is 0 Å². The van der Waals surface area contributed by atoms with E-state index in [-0.39, 0.29) is 12.1 Å². The summed E-state index contributed by atoms with van der Waals surface area (Å²) in [6, 6.07) is 11.4. The van der Waals surface area contributed by atoms with E-state index >= 15 is 0 Å². The number of fused-ring (bicyclic) bond motifs is 1.